The fraction of sp³-hybridized carbons (Fsp3) is 0.294. The van der Waals surface area contributed by atoms with Gasteiger partial charge in [0.15, 0.2) is 11.5 Å². The van der Waals surface area contributed by atoms with E-state index in [0.29, 0.717) is 18.6 Å². The van der Waals surface area contributed by atoms with Gasteiger partial charge in [0.05, 0.1) is 44.1 Å². The monoisotopic (exact) mass is 562 g/mol. The smallest absolute Gasteiger partial charge is 0.160 e. The Morgan fingerprint density at radius 2 is 1.26 bits per heavy atom. The number of nitrogens with one attached hydrogen (secondary N) is 2. The summed E-state index contributed by atoms with van der Waals surface area (Å²) < 4.78 is 16.5. The Morgan fingerprint density at radius 3 is 1.76 bits per heavy atom. The molecule has 2 aliphatic heterocycles. The van der Waals surface area contributed by atoms with E-state index in [-0.39, 0.29) is 11.7 Å². The fourth-order valence-corrected chi connectivity index (χ4v) is 6.55. The minimum Gasteiger partial charge on any atom is -0.504 e. The maximum absolute atomic E-state index is 10.4. The first-order valence-corrected chi connectivity index (χ1v) is 14.4. The van der Waals surface area contributed by atoms with Crippen LogP contribution in [0.4, 0.5) is 0 Å². The van der Waals surface area contributed by atoms with Gasteiger partial charge in [0, 0.05) is 47.0 Å². The summed E-state index contributed by atoms with van der Waals surface area (Å²) in [5.74, 6) is 2.30. The Hall–Kier alpha value is -4.72. The fourth-order valence-electron chi connectivity index (χ4n) is 6.55. The predicted octanol–water partition coefficient (Wildman–Crippen LogP) is 6.34. The Labute approximate surface area is 244 Å². The lowest BCUT2D eigenvalue weighted by atomic mass is 9.84. The number of phenols is 1. The second-order valence-corrected chi connectivity index (χ2v) is 11.0. The van der Waals surface area contributed by atoms with E-state index in [4.69, 9.17) is 24.2 Å². The summed E-state index contributed by atoms with van der Waals surface area (Å²) in [6, 6.07) is 18.1. The van der Waals surface area contributed by atoms with Crippen LogP contribution >= 0.6 is 0 Å². The van der Waals surface area contributed by atoms with Gasteiger partial charge in [-0.1, -0.05) is 6.07 Å². The van der Waals surface area contributed by atoms with Crippen LogP contribution in [0.5, 0.6) is 23.0 Å². The summed E-state index contributed by atoms with van der Waals surface area (Å²) in [6.07, 6.45) is 3.23. The SMILES string of the molecule is COc1ccc2c3c([nH]c2c1)C(CC(CC1=NCCc2c1[nH]c1cc(OC)ccc21)c1ccc(O)c(OC)c1)=NCC3. The molecule has 42 heavy (non-hydrogen) atoms. The van der Waals surface area contributed by atoms with Gasteiger partial charge in [-0.25, -0.2) is 0 Å². The van der Waals surface area contributed by atoms with Gasteiger partial charge < -0.3 is 29.3 Å². The highest BCUT2D eigenvalue weighted by molar-refractivity contribution is 6.09. The highest BCUT2D eigenvalue weighted by Crippen LogP contribution is 2.38. The molecule has 0 saturated heterocycles. The number of H-pyrrole nitrogens is 2. The second kappa shape index (κ2) is 10.6. The van der Waals surface area contributed by atoms with Crippen LogP contribution in [0.15, 0.2) is 64.6 Å². The molecule has 0 saturated carbocycles. The normalized spacial score (nSPS) is 14.5. The quantitative estimate of drug-likeness (QED) is 0.205. The van der Waals surface area contributed by atoms with E-state index in [1.54, 1.807) is 27.4 Å². The van der Waals surface area contributed by atoms with E-state index < -0.39 is 0 Å². The molecule has 0 fully saturated rings. The molecule has 2 aliphatic rings. The highest BCUT2D eigenvalue weighted by Gasteiger charge is 2.28. The van der Waals surface area contributed by atoms with Crippen molar-refractivity contribution in [3.8, 4) is 23.0 Å². The number of hydrogen-bond acceptors (Lipinski definition) is 6. The maximum Gasteiger partial charge on any atom is 0.160 e. The third-order valence-corrected chi connectivity index (χ3v) is 8.69. The summed E-state index contributed by atoms with van der Waals surface area (Å²) >= 11 is 0. The van der Waals surface area contributed by atoms with Crippen molar-refractivity contribution >= 4 is 33.2 Å². The molecule has 0 amide bonds. The van der Waals surface area contributed by atoms with Crippen molar-refractivity contribution < 1.29 is 19.3 Å². The molecule has 4 heterocycles. The lowest BCUT2D eigenvalue weighted by Crippen LogP contribution is -2.20. The molecule has 0 atom stereocenters. The van der Waals surface area contributed by atoms with Crippen LogP contribution in [-0.2, 0) is 12.8 Å². The number of fused-ring (bicyclic) bond motifs is 6. The molecule has 8 heteroatoms. The lowest BCUT2D eigenvalue weighted by molar-refractivity contribution is 0.372. The molecule has 3 aromatic carbocycles. The number of benzene rings is 3. The van der Waals surface area contributed by atoms with Crippen molar-refractivity contribution in [2.75, 3.05) is 34.4 Å². The van der Waals surface area contributed by atoms with Gasteiger partial charge in [-0.3, -0.25) is 9.98 Å². The lowest BCUT2D eigenvalue weighted by Gasteiger charge is -2.24. The second-order valence-electron chi connectivity index (χ2n) is 11.0. The van der Waals surface area contributed by atoms with Gasteiger partial charge in [-0.2, -0.15) is 0 Å². The number of aromatic hydroxyl groups is 1. The number of aliphatic imine (C=N–C) groups is 2. The van der Waals surface area contributed by atoms with E-state index in [2.05, 4.69) is 34.2 Å². The highest BCUT2D eigenvalue weighted by atomic mass is 16.5. The molecule has 5 aromatic rings. The number of aromatic amines is 2. The third-order valence-electron chi connectivity index (χ3n) is 8.69. The number of methoxy groups -OCH3 is 3. The number of ether oxygens (including phenoxy) is 3. The van der Waals surface area contributed by atoms with Gasteiger partial charge in [0.1, 0.15) is 11.5 Å². The molecule has 0 radical (unpaired) electrons. The van der Waals surface area contributed by atoms with Crippen molar-refractivity contribution in [3.05, 3.63) is 82.7 Å². The molecular formula is C34H34N4O4. The summed E-state index contributed by atoms with van der Waals surface area (Å²) in [5.41, 5.74) is 10.1. The molecule has 0 bridgehead atoms. The number of aromatic nitrogens is 2. The van der Waals surface area contributed by atoms with Crippen LogP contribution in [0, 0.1) is 0 Å². The van der Waals surface area contributed by atoms with Crippen LogP contribution in [0.3, 0.4) is 0 Å². The molecule has 8 nitrogen and oxygen atoms in total. The van der Waals surface area contributed by atoms with Crippen LogP contribution in [0.2, 0.25) is 0 Å². The standard InChI is InChI=1S/C34H34N4O4/c1-40-21-5-7-23-25-10-12-35-29(33(25)37-27(23)17-21)14-20(19-4-9-31(39)32(16-19)42-3)15-30-34-26(11-13-36-30)24-8-6-22(41-2)18-28(24)38-34/h4-9,16-18,20,37-39H,10-15H2,1-3H3. The maximum atomic E-state index is 10.4. The average Bonchev–Trinajstić information content (AvgIpc) is 3.59. The molecule has 3 N–H and O–H groups in total. The zero-order valence-electron chi connectivity index (χ0n) is 24.1. The number of nitrogens with zero attached hydrogens (tertiary/aromatic N) is 2. The molecule has 0 aliphatic carbocycles. The molecule has 0 spiro atoms. The van der Waals surface area contributed by atoms with E-state index in [1.165, 1.54) is 21.9 Å². The summed E-state index contributed by atoms with van der Waals surface area (Å²) in [5, 5.41) is 12.8. The summed E-state index contributed by atoms with van der Waals surface area (Å²) in [7, 11) is 4.97. The van der Waals surface area contributed by atoms with Crippen molar-refractivity contribution in [2.45, 2.75) is 31.6 Å². The molecule has 7 rings (SSSR count). The van der Waals surface area contributed by atoms with Crippen molar-refractivity contribution in [1.29, 1.82) is 0 Å². The topological polar surface area (TPSA) is 104 Å². The Balaban J connectivity index is 1.28. The largest absolute Gasteiger partial charge is 0.504 e. The number of rotatable bonds is 8. The Kier molecular flexibility index (Phi) is 6.61. The first-order chi connectivity index (χ1) is 20.6. The average molecular weight is 563 g/mol. The number of phenolic OH excluding ortho intramolecular Hbond substituents is 1. The molecular weight excluding hydrogens is 528 g/mol. The molecule has 214 valence electrons. The zero-order chi connectivity index (χ0) is 28.8. The number of hydrogen-bond donors (Lipinski definition) is 3. The minimum absolute atomic E-state index is 0.0517. The van der Waals surface area contributed by atoms with Crippen LogP contribution in [0.25, 0.3) is 21.8 Å². The molecule has 2 aromatic heterocycles. The van der Waals surface area contributed by atoms with Gasteiger partial charge in [0.25, 0.3) is 0 Å². The van der Waals surface area contributed by atoms with Gasteiger partial charge in [-0.05, 0) is 84.7 Å². The summed E-state index contributed by atoms with van der Waals surface area (Å²) in [4.78, 5) is 17.4. The van der Waals surface area contributed by atoms with Crippen molar-refractivity contribution in [2.24, 2.45) is 9.98 Å². The van der Waals surface area contributed by atoms with Gasteiger partial charge in [0.2, 0.25) is 0 Å². The van der Waals surface area contributed by atoms with Gasteiger partial charge in [-0.15, -0.1) is 0 Å². The van der Waals surface area contributed by atoms with E-state index in [9.17, 15) is 5.11 Å². The molecule has 0 unspecified atom stereocenters. The van der Waals surface area contributed by atoms with Crippen LogP contribution < -0.4 is 14.2 Å². The van der Waals surface area contributed by atoms with Crippen molar-refractivity contribution in [1.82, 2.24) is 9.97 Å². The van der Waals surface area contributed by atoms with Crippen LogP contribution in [0.1, 0.15) is 46.8 Å². The zero-order valence-corrected chi connectivity index (χ0v) is 24.1. The van der Waals surface area contributed by atoms with Crippen LogP contribution in [-0.4, -0.2) is 60.9 Å². The Bertz CT molecular complexity index is 1770. The van der Waals surface area contributed by atoms with Crippen molar-refractivity contribution in [3.63, 3.8) is 0 Å². The minimum atomic E-state index is 0.0517. The van der Waals surface area contributed by atoms with E-state index in [1.807, 2.05) is 24.3 Å². The van der Waals surface area contributed by atoms with E-state index >= 15 is 0 Å². The van der Waals surface area contributed by atoms with Gasteiger partial charge >= 0.3 is 0 Å². The summed E-state index contributed by atoms with van der Waals surface area (Å²) in [6.45, 7) is 1.50. The predicted molar refractivity (Wildman–Crippen MR) is 167 cm³/mol. The third kappa shape index (κ3) is 4.47. The Morgan fingerprint density at radius 1 is 0.714 bits per heavy atom. The van der Waals surface area contributed by atoms with E-state index in [0.717, 1.165) is 76.8 Å². The first kappa shape index (κ1) is 26.2. The first-order valence-electron chi connectivity index (χ1n) is 14.4.